The first kappa shape index (κ1) is 19.3. The molecule has 2 unspecified atom stereocenters. The van der Waals surface area contributed by atoms with Crippen LogP contribution in [0.2, 0.25) is 0 Å². The van der Waals surface area contributed by atoms with Crippen molar-refractivity contribution in [3.63, 3.8) is 0 Å². The van der Waals surface area contributed by atoms with E-state index in [0.29, 0.717) is 12.2 Å². The van der Waals surface area contributed by atoms with Crippen molar-refractivity contribution in [1.29, 1.82) is 0 Å². The lowest BCUT2D eigenvalue weighted by Crippen LogP contribution is -2.52. The number of fused-ring (bicyclic) bond motifs is 3. The van der Waals surface area contributed by atoms with E-state index in [0.717, 1.165) is 27.7 Å². The molecule has 2 heterocycles. The number of carbonyl (C=O) groups is 2. The molecule has 4 rings (SSSR count). The maximum absolute atomic E-state index is 12.9. The van der Waals surface area contributed by atoms with Gasteiger partial charge in [-0.1, -0.05) is 30.3 Å². The Hall–Kier alpha value is -2.99. The number of aromatic nitrogens is 1. The van der Waals surface area contributed by atoms with Crippen LogP contribution in [0, 0.1) is 0 Å². The number of methoxy groups -OCH3 is 2. The molecule has 1 aromatic heterocycles. The Bertz CT molecular complexity index is 1080. The average Bonchev–Trinajstić information content (AvgIpc) is 3.15. The maximum Gasteiger partial charge on any atom is 0.328 e. The van der Waals surface area contributed by atoms with E-state index in [1.165, 1.54) is 12.0 Å². The van der Waals surface area contributed by atoms with E-state index < -0.39 is 18.1 Å². The molecule has 0 spiro atoms. The number of amides is 1. The minimum absolute atomic E-state index is 0.233. The first-order valence-electron chi connectivity index (χ1n) is 9.27. The average molecular weight is 413 g/mol. The Labute approximate surface area is 173 Å². The summed E-state index contributed by atoms with van der Waals surface area (Å²) >= 11 is 5.94. The molecular weight excluding hydrogens is 392 g/mol. The number of nitrogens with zero attached hydrogens (tertiary/aromatic N) is 1. The lowest BCUT2D eigenvalue weighted by atomic mass is 9.88. The largest absolute Gasteiger partial charge is 0.497 e. The number of benzene rings is 2. The fourth-order valence-electron chi connectivity index (χ4n) is 4.14. The fourth-order valence-corrected chi connectivity index (χ4v) is 4.28. The molecule has 2 aromatic carbocycles. The number of esters is 1. The van der Waals surface area contributed by atoms with Gasteiger partial charge in [-0.3, -0.25) is 4.79 Å². The van der Waals surface area contributed by atoms with Gasteiger partial charge < -0.3 is 19.4 Å². The van der Waals surface area contributed by atoms with Crippen LogP contribution in [-0.4, -0.2) is 47.9 Å². The van der Waals surface area contributed by atoms with Crippen LogP contribution in [0.25, 0.3) is 10.9 Å². The van der Waals surface area contributed by atoms with Crippen molar-refractivity contribution in [3.05, 3.63) is 65.4 Å². The molecule has 150 valence electrons. The molecule has 1 N–H and O–H groups in total. The van der Waals surface area contributed by atoms with Crippen molar-refractivity contribution in [2.45, 2.75) is 18.5 Å². The molecule has 1 amide bonds. The molecule has 29 heavy (non-hydrogen) atoms. The van der Waals surface area contributed by atoms with Gasteiger partial charge in [0.2, 0.25) is 5.91 Å². The Kier molecular flexibility index (Phi) is 5.20. The summed E-state index contributed by atoms with van der Waals surface area (Å²) in [5.41, 5.74) is 3.65. The molecule has 0 aliphatic carbocycles. The molecule has 0 fully saturated rings. The highest BCUT2D eigenvalue weighted by Crippen LogP contribution is 2.41. The molecule has 1 aliphatic heterocycles. The van der Waals surface area contributed by atoms with Gasteiger partial charge in [-0.25, -0.2) is 4.79 Å². The summed E-state index contributed by atoms with van der Waals surface area (Å²) in [5.74, 6) is -0.367. The molecular formula is C22H21ClN2O4. The van der Waals surface area contributed by atoms with Crippen LogP contribution < -0.4 is 4.74 Å². The standard InChI is InChI=1S/C22H21ClN2O4/c1-28-14-7-5-6-13(10-14)21-20-16(15-8-3-4-9-17(15)24-20)11-18(22(27)29-2)25(21)19(26)12-23/h3-10,18,21,24H,11-12H2,1-2H3. The molecule has 3 aromatic rings. The lowest BCUT2D eigenvalue weighted by Gasteiger charge is -2.40. The van der Waals surface area contributed by atoms with Crippen LogP contribution >= 0.6 is 11.6 Å². The van der Waals surface area contributed by atoms with Gasteiger partial charge >= 0.3 is 5.97 Å². The number of hydrogen-bond donors (Lipinski definition) is 1. The molecule has 0 bridgehead atoms. The predicted octanol–water partition coefficient (Wildman–Crippen LogP) is 3.43. The number of halogens is 1. The van der Waals surface area contributed by atoms with Crippen molar-refractivity contribution in [3.8, 4) is 5.75 Å². The van der Waals surface area contributed by atoms with Crippen molar-refractivity contribution >= 4 is 34.4 Å². The Morgan fingerprint density at radius 3 is 2.69 bits per heavy atom. The highest BCUT2D eigenvalue weighted by atomic mass is 35.5. The zero-order chi connectivity index (χ0) is 20.5. The molecule has 0 radical (unpaired) electrons. The number of nitrogens with one attached hydrogen (secondary N) is 1. The first-order chi connectivity index (χ1) is 14.1. The Morgan fingerprint density at radius 2 is 1.97 bits per heavy atom. The highest BCUT2D eigenvalue weighted by Gasteiger charge is 2.43. The predicted molar refractivity (Wildman–Crippen MR) is 110 cm³/mol. The summed E-state index contributed by atoms with van der Waals surface area (Å²) in [7, 11) is 2.92. The summed E-state index contributed by atoms with van der Waals surface area (Å²) < 4.78 is 10.4. The zero-order valence-electron chi connectivity index (χ0n) is 16.1. The van der Waals surface area contributed by atoms with E-state index in [4.69, 9.17) is 21.1 Å². The van der Waals surface area contributed by atoms with Crippen LogP contribution in [0.1, 0.15) is 22.9 Å². The van der Waals surface area contributed by atoms with Gasteiger partial charge in [0.1, 0.15) is 17.7 Å². The smallest absolute Gasteiger partial charge is 0.328 e. The lowest BCUT2D eigenvalue weighted by molar-refractivity contribution is -0.154. The first-order valence-corrected chi connectivity index (χ1v) is 9.80. The summed E-state index contributed by atoms with van der Waals surface area (Å²) in [6.07, 6.45) is 0.356. The number of carbonyl (C=O) groups excluding carboxylic acids is 2. The SMILES string of the molecule is COC(=O)C1Cc2c([nH]c3ccccc23)C(c2cccc(OC)c2)N1C(=O)CCl. The second-order valence-corrected chi connectivity index (χ2v) is 7.19. The van der Waals surface area contributed by atoms with Crippen LogP contribution in [0.15, 0.2) is 48.5 Å². The van der Waals surface area contributed by atoms with E-state index in [9.17, 15) is 9.59 Å². The molecule has 0 saturated heterocycles. The van der Waals surface area contributed by atoms with Gasteiger partial charge in [0.05, 0.1) is 20.3 Å². The summed E-state index contributed by atoms with van der Waals surface area (Å²) in [4.78, 5) is 30.6. The number of aromatic amines is 1. The van der Waals surface area contributed by atoms with Crippen LogP contribution in [0.5, 0.6) is 5.75 Å². The third kappa shape index (κ3) is 3.23. The number of hydrogen-bond acceptors (Lipinski definition) is 4. The summed E-state index contributed by atoms with van der Waals surface area (Å²) in [6.45, 7) is 0. The molecule has 2 atom stereocenters. The summed E-state index contributed by atoms with van der Waals surface area (Å²) in [6, 6.07) is 14.1. The number of H-pyrrole nitrogens is 1. The normalized spacial score (nSPS) is 18.4. The van der Waals surface area contributed by atoms with Crippen LogP contribution in [0.4, 0.5) is 0 Å². The van der Waals surface area contributed by atoms with E-state index in [2.05, 4.69) is 4.98 Å². The van der Waals surface area contributed by atoms with Gasteiger partial charge in [0, 0.05) is 23.0 Å². The molecule has 7 heteroatoms. The number of ether oxygens (including phenoxy) is 2. The third-order valence-corrected chi connectivity index (χ3v) is 5.65. The van der Waals surface area contributed by atoms with E-state index >= 15 is 0 Å². The van der Waals surface area contributed by atoms with Crippen molar-refractivity contribution in [2.24, 2.45) is 0 Å². The van der Waals surface area contributed by atoms with Gasteiger partial charge in [0.15, 0.2) is 0 Å². The second-order valence-electron chi connectivity index (χ2n) is 6.92. The fraction of sp³-hybridized carbons (Fsp3) is 0.273. The minimum Gasteiger partial charge on any atom is -0.497 e. The van der Waals surface area contributed by atoms with Crippen LogP contribution in [-0.2, 0) is 20.7 Å². The molecule has 1 aliphatic rings. The minimum atomic E-state index is -0.769. The summed E-state index contributed by atoms with van der Waals surface area (Å²) in [5, 5.41) is 1.03. The highest BCUT2D eigenvalue weighted by molar-refractivity contribution is 6.27. The maximum atomic E-state index is 12.9. The van der Waals surface area contributed by atoms with Gasteiger partial charge in [-0.15, -0.1) is 11.6 Å². The molecule has 6 nitrogen and oxygen atoms in total. The van der Waals surface area contributed by atoms with Crippen molar-refractivity contribution in [2.75, 3.05) is 20.1 Å². The van der Waals surface area contributed by atoms with Gasteiger partial charge in [-0.05, 0) is 29.3 Å². The quantitative estimate of drug-likeness (QED) is 0.526. The Morgan fingerprint density at radius 1 is 1.17 bits per heavy atom. The number of rotatable bonds is 4. The van der Waals surface area contributed by atoms with E-state index in [1.807, 2.05) is 48.5 Å². The number of para-hydroxylation sites is 1. The topological polar surface area (TPSA) is 71.6 Å². The van der Waals surface area contributed by atoms with E-state index in [-0.39, 0.29) is 11.8 Å². The second kappa shape index (κ2) is 7.79. The third-order valence-electron chi connectivity index (χ3n) is 5.42. The van der Waals surface area contributed by atoms with Gasteiger partial charge in [0.25, 0.3) is 0 Å². The monoisotopic (exact) mass is 412 g/mol. The van der Waals surface area contributed by atoms with Crippen molar-refractivity contribution < 1.29 is 19.1 Å². The molecule has 0 saturated carbocycles. The van der Waals surface area contributed by atoms with Crippen LogP contribution in [0.3, 0.4) is 0 Å². The van der Waals surface area contributed by atoms with E-state index in [1.54, 1.807) is 7.11 Å². The van der Waals surface area contributed by atoms with Gasteiger partial charge in [-0.2, -0.15) is 0 Å². The zero-order valence-corrected chi connectivity index (χ0v) is 16.9. The number of alkyl halides is 1. The van der Waals surface area contributed by atoms with Crippen molar-refractivity contribution in [1.82, 2.24) is 9.88 Å². The Balaban J connectivity index is 1.98.